The molecule has 0 aromatic heterocycles. The lowest BCUT2D eigenvalue weighted by atomic mass is 10.0. The smallest absolute Gasteiger partial charge is 0.323 e. The maximum absolute atomic E-state index is 12.9. The van der Waals surface area contributed by atoms with Crippen molar-refractivity contribution >= 4 is 5.97 Å². The second kappa shape index (κ2) is 36.2. The second-order valence-corrected chi connectivity index (χ2v) is 13.7. The molecule has 3 nitrogen and oxygen atoms in total. The van der Waals surface area contributed by atoms with Crippen LogP contribution in [0.15, 0.2) is 48.6 Å². The Hall–Kier alpha value is -1.61. The van der Waals surface area contributed by atoms with Crippen molar-refractivity contribution in [2.75, 3.05) is 14.1 Å². The SMILES string of the molecule is CCCCCC=CCC=CCCCCCCCCC(CCCCCCCCC=CCC=CCCCCC)OC(=O)C(CC)N(C)C. The monoisotopic (exact) mass is 642 g/mol. The highest BCUT2D eigenvalue weighted by molar-refractivity contribution is 5.75. The van der Waals surface area contributed by atoms with Crippen molar-refractivity contribution < 1.29 is 9.53 Å². The summed E-state index contributed by atoms with van der Waals surface area (Å²) < 4.78 is 6.11. The molecule has 0 radical (unpaired) electrons. The Balaban J connectivity index is 4.10. The van der Waals surface area contributed by atoms with Crippen molar-refractivity contribution in [3.63, 3.8) is 0 Å². The molecular weight excluding hydrogens is 562 g/mol. The normalized spacial score (nSPS) is 13.7. The summed E-state index contributed by atoms with van der Waals surface area (Å²) in [5, 5.41) is 0. The van der Waals surface area contributed by atoms with Crippen LogP contribution >= 0.6 is 0 Å². The molecule has 0 aliphatic carbocycles. The summed E-state index contributed by atoms with van der Waals surface area (Å²) in [7, 11) is 3.96. The van der Waals surface area contributed by atoms with Gasteiger partial charge in [0, 0.05) is 0 Å². The molecule has 0 spiro atoms. The van der Waals surface area contributed by atoms with Crippen molar-refractivity contribution in [1.82, 2.24) is 4.90 Å². The zero-order chi connectivity index (χ0) is 33.8. The third kappa shape index (κ3) is 31.0. The standard InChI is InChI=1S/C43H79NO2/c1-6-9-11-13-15-17-19-21-23-25-27-29-31-33-35-37-39-41(46-43(45)42(8-3)44(4)5)40-38-36-34-32-30-28-26-24-22-20-18-16-14-12-10-7-2/h15-18,21-24,41-42H,6-14,19-20,25-40H2,1-5H3. The van der Waals surface area contributed by atoms with Gasteiger partial charge in [-0.05, 0) is 110 Å². The van der Waals surface area contributed by atoms with Crippen molar-refractivity contribution in [3.8, 4) is 0 Å². The van der Waals surface area contributed by atoms with Gasteiger partial charge in [-0.1, -0.05) is 146 Å². The highest BCUT2D eigenvalue weighted by Gasteiger charge is 2.23. The number of esters is 1. The van der Waals surface area contributed by atoms with E-state index in [0.717, 1.165) is 32.1 Å². The van der Waals surface area contributed by atoms with Crippen LogP contribution in [0.3, 0.4) is 0 Å². The van der Waals surface area contributed by atoms with Crippen LogP contribution in [-0.4, -0.2) is 37.1 Å². The number of carbonyl (C=O) groups excluding carboxylic acids is 1. The van der Waals surface area contributed by atoms with E-state index in [9.17, 15) is 4.79 Å². The fraction of sp³-hybridized carbons (Fsp3) is 0.791. The van der Waals surface area contributed by atoms with E-state index in [4.69, 9.17) is 4.74 Å². The van der Waals surface area contributed by atoms with Crippen LogP contribution in [0.1, 0.15) is 194 Å². The highest BCUT2D eigenvalue weighted by atomic mass is 16.5. The van der Waals surface area contributed by atoms with Crippen LogP contribution in [0.4, 0.5) is 0 Å². The Morgan fingerprint density at radius 2 is 0.848 bits per heavy atom. The second-order valence-electron chi connectivity index (χ2n) is 13.7. The molecule has 0 bridgehead atoms. The third-order valence-electron chi connectivity index (χ3n) is 9.02. The van der Waals surface area contributed by atoms with E-state index < -0.39 is 0 Å². The van der Waals surface area contributed by atoms with Gasteiger partial charge >= 0.3 is 5.97 Å². The quantitative estimate of drug-likeness (QED) is 0.0398. The molecule has 0 fully saturated rings. The fourth-order valence-corrected chi connectivity index (χ4v) is 5.97. The number of carbonyl (C=O) groups is 1. The van der Waals surface area contributed by atoms with Gasteiger partial charge in [0.25, 0.3) is 0 Å². The highest BCUT2D eigenvalue weighted by Crippen LogP contribution is 2.19. The van der Waals surface area contributed by atoms with Gasteiger partial charge < -0.3 is 4.74 Å². The van der Waals surface area contributed by atoms with Crippen LogP contribution in [0.2, 0.25) is 0 Å². The molecule has 46 heavy (non-hydrogen) atoms. The average Bonchev–Trinajstić information content (AvgIpc) is 3.04. The van der Waals surface area contributed by atoms with Crippen LogP contribution in [0, 0.1) is 0 Å². The number of rotatable bonds is 34. The van der Waals surface area contributed by atoms with Gasteiger partial charge in [0.15, 0.2) is 0 Å². The minimum atomic E-state index is -0.130. The Bertz CT molecular complexity index is 702. The number of nitrogens with zero attached hydrogens (tertiary/aromatic N) is 1. The van der Waals surface area contributed by atoms with Crippen molar-refractivity contribution in [2.24, 2.45) is 0 Å². The van der Waals surface area contributed by atoms with Gasteiger partial charge in [-0.3, -0.25) is 9.69 Å². The van der Waals surface area contributed by atoms with Gasteiger partial charge in [0.1, 0.15) is 12.1 Å². The molecule has 0 saturated heterocycles. The number of hydrogen-bond donors (Lipinski definition) is 0. The van der Waals surface area contributed by atoms with E-state index in [2.05, 4.69) is 69.4 Å². The predicted molar refractivity (Wildman–Crippen MR) is 206 cm³/mol. The van der Waals surface area contributed by atoms with Gasteiger partial charge in [0.05, 0.1) is 0 Å². The average molecular weight is 642 g/mol. The van der Waals surface area contributed by atoms with Gasteiger partial charge in [0.2, 0.25) is 0 Å². The molecule has 3 heteroatoms. The Kier molecular flexibility index (Phi) is 35.0. The molecule has 0 aromatic rings. The molecule has 0 N–H and O–H groups in total. The van der Waals surface area contributed by atoms with Gasteiger partial charge in [-0.15, -0.1) is 0 Å². The summed E-state index contributed by atoms with van der Waals surface area (Å²) in [6.45, 7) is 6.60. The maximum atomic E-state index is 12.9. The topological polar surface area (TPSA) is 29.5 Å². The molecular formula is C43H79NO2. The largest absolute Gasteiger partial charge is 0.461 e. The predicted octanol–water partition coefficient (Wildman–Crippen LogP) is 13.6. The molecule has 268 valence electrons. The molecule has 0 aliphatic heterocycles. The Labute approximate surface area is 288 Å². The zero-order valence-corrected chi connectivity index (χ0v) is 31.6. The van der Waals surface area contributed by atoms with E-state index >= 15 is 0 Å². The minimum Gasteiger partial charge on any atom is -0.461 e. The van der Waals surface area contributed by atoms with E-state index in [-0.39, 0.29) is 18.1 Å². The zero-order valence-electron chi connectivity index (χ0n) is 31.6. The van der Waals surface area contributed by atoms with E-state index in [1.165, 1.54) is 141 Å². The number of ether oxygens (including phenoxy) is 1. The first-order valence-corrected chi connectivity index (χ1v) is 20.0. The van der Waals surface area contributed by atoms with Crippen LogP contribution in [0.25, 0.3) is 0 Å². The van der Waals surface area contributed by atoms with E-state index in [1.807, 2.05) is 19.0 Å². The van der Waals surface area contributed by atoms with Gasteiger partial charge in [-0.2, -0.15) is 0 Å². The summed E-state index contributed by atoms with van der Waals surface area (Å²) in [4.78, 5) is 14.9. The van der Waals surface area contributed by atoms with Crippen LogP contribution in [-0.2, 0) is 9.53 Å². The Morgan fingerprint density at radius 3 is 1.20 bits per heavy atom. The number of hydrogen-bond acceptors (Lipinski definition) is 3. The first-order valence-electron chi connectivity index (χ1n) is 20.0. The summed E-state index contributed by atoms with van der Waals surface area (Å²) >= 11 is 0. The minimum absolute atomic E-state index is 0.0300. The lowest BCUT2D eigenvalue weighted by Gasteiger charge is -2.25. The summed E-state index contributed by atoms with van der Waals surface area (Å²) in [6, 6.07) is -0.130. The maximum Gasteiger partial charge on any atom is 0.323 e. The first-order chi connectivity index (χ1) is 22.6. The third-order valence-corrected chi connectivity index (χ3v) is 9.02. The first kappa shape index (κ1) is 44.4. The molecule has 0 aliphatic rings. The van der Waals surface area contributed by atoms with Crippen LogP contribution in [0.5, 0.6) is 0 Å². The Morgan fingerprint density at radius 1 is 0.500 bits per heavy atom. The van der Waals surface area contributed by atoms with Crippen molar-refractivity contribution in [1.29, 1.82) is 0 Å². The molecule has 0 amide bonds. The molecule has 0 saturated carbocycles. The molecule has 1 unspecified atom stereocenters. The lowest BCUT2D eigenvalue weighted by molar-refractivity contribution is -0.155. The molecule has 0 aromatic carbocycles. The van der Waals surface area contributed by atoms with Crippen LogP contribution < -0.4 is 0 Å². The number of unbranched alkanes of at least 4 members (excludes halogenated alkanes) is 18. The van der Waals surface area contributed by atoms with Crippen molar-refractivity contribution in [3.05, 3.63) is 48.6 Å². The van der Waals surface area contributed by atoms with E-state index in [1.54, 1.807) is 0 Å². The molecule has 0 heterocycles. The van der Waals surface area contributed by atoms with Gasteiger partial charge in [-0.25, -0.2) is 0 Å². The lowest BCUT2D eigenvalue weighted by Crippen LogP contribution is -2.38. The molecule has 1 atom stereocenters. The van der Waals surface area contributed by atoms with Crippen molar-refractivity contribution in [2.45, 2.75) is 206 Å². The summed E-state index contributed by atoms with van der Waals surface area (Å²) in [5.74, 6) is -0.0300. The summed E-state index contributed by atoms with van der Waals surface area (Å²) in [5.41, 5.74) is 0. The van der Waals surface area contributed by atoms with E-state index in [0.29, 0.717) is 0 Å². The molecule has 0 rings (SSSR count). The fourth-order valence-electron chi connectivity index (χ4n) is 5.97. The summed E-state index contributed by atoms with van der Waals surface area (Å²) in [6.07, 6.45) is 51.9. The number of likely N-dealkylation sites (N-methyl/N-ethyl adjacent to an activating group) is 1. The number of allylic oxidation sites excluding steroid dienone is 8.